The zero-order valence-electron chi connectivity index (χ0n) is 9.01. The number of alkyl halides is 3. The summed E-state index contributed by atoms with van der Waals surface area (Å²) in [6, 6.07) is 4.08. The number of ether oxygens (including phenoxy) is 2. The van der Waals surface area contributed by atoms with Crippen LogP contribution < -0.4 is 9.47 Å². The highest BCUT2D eigenvalue weighted by Gasteiger charge is 2.34. The molecule has 1 aromatic carbocycles. The van der Waals surface area contributed by atoms with Crippen LogP contribution in [0, 0.1) is 0 Å². The third kappa shape index (κ3) is 3.52. The molecule has 0 aliphatic rings. The molecule has 0 unspecified atom stereocenters. The van der Waals surface area contributed by atoms with Crippen molar-refractivity contribution in [3.05, 3.63) is 18.2 Å². The van der Waals surface area contributed by atoms with Gasteiger partial charge >= 0.3 is 6.18 Å². The van der Waals surface area contributed by atoms with Crippen molar-refractivity contribution in [1.82, 2.24) is 0 Å². The molecule has 1 aromatic rings. The fourth-order valence-electron chi connectivity index (χ4n) is 1.07. The highest BCUT2D eigenvalue weighted by atomic mass is 35.5. The maximum atomic E-state index is 12.1. The lowest BCUT2D eigenvalue weighted by atomic mass is 10.3. The molecule has 0 radical (unpaired) electrons. The summed E-state index contributed by atoms with van der Waals surface area (Å²) >= 11 is 5.01. The number of methoxy groups -OCH3 is 2. The summed E-state index contributed by atoms with van der Waals surface area (Å²) < 4.78 is 46.3. The second-order valence-electron chi connectivity index (χ2n) is 2.94. The van der Waals surface area contributed by atoms with Crippen molar-refractivity contribution in [2.45, 2.75) is 6.18 Å². The van der Waals surface area contributed by atoms with Crippen LogP contribution in [0.2, 0.25) is 0 Å². The third-order valence-corrected chi connectivity index (χ3v) is 2.13. The molecule has 0 saturated heterocycles. The molecule has 0 bridgehead atoms. The van der Waals surface area contributed by atoms with Gasteiger partial charge in [0.2, 0.25) is 5.17 Å². The lowest BCUT2D eigenvalue weighted by Gasteiger charge is -2.08. The number of halogens is 4. The Bertz CT molecular complexity index is 432. The normalized spacial score (nSPS) is 12.5. The van der Waals surface area contributed by atoms with Gasteiger partial charge in [-0.3, -0.25) is 0 Å². The Morgan fingerprint density at radius 3 is 2.24 bits per heavy atom. The van der Waals surface area contributed by atoms with E-state index >= 15 is 0 Å². The predicted octanol–water partition coefficient (Wildman–Crippen LogP) is 3.53. The molecule has 94 valence electrons. The van der Waals surface area contributed by atoms with Gasteiger partial charge in [-0.1, -0.05) is 11.6 Å². The van der Waals surface area contributed by atoms with Crippen LogP contribution in [-0.4, -0.2) is 25.6 Å². The standard InChI is InChI=1S/C10H9ClF3NO2/c1-16-7-4-3-6(5-8(7)17-2)15-9(11)10(12,13)14/h3-5H,1-2H3. The van der Waals surface area contributed by atoms with Crippen molar-refractivity contribution >= 4 is 22.5 Å². The van der Waals surface area contributed by atoms with E-state index in [2.05, 4.69) is 4.99 Å². The van der Waals surface area contributed by atoms with Crippen LogP contribution in [-0.2, 0) is 0 Å². The zero-order valence-corrected chi connectivity index (χ0v) is 9.76. The van der Waals surface area contributed by atoms with Crippen LogP contribution in [0.25, 0.3) is 0 Å². The fourth-order valence-corrected chi connectivity index (χ4v) is 1.17. The van der Waals surface area contributed by atoms with Crippen molar-refractivity contribution in [2.75, 3.05) is 14.2 Å². The summed E-state index contributed by atoms with van der Waals surface area (Å²) in [4.78, 5) is 3.24. The molecule has 0 aliphatic carbocycles. The number of rotatable bonds is 3. The quantitative estimate of drug-likeness (QED) is 0.785. The van der Waals surface area contributed by atoms with Gasteiger partial charge in [-0.25, -0.2) is 4.99 Å². The first-order valence-electron chi connectivity index (χ1n) is 4.42. The summed E-state index contributed by atoms with van der Waals surface area (Å²) in [6.45, 7) is 0. The Kier molecular flexibility index (Phi) is 4.22. The minimum atomic E-state index is -4.66. The van der Waals surface area contributed by atoms with Gasteiger partial charge in [0.15, 0.2) is 11.5 Å². The van der Waals surface area contributed by atoms with Gasteiger partial charge in [-0.15, -0.1) is 0 Å². The topological polar surface area (TPSA) is 30.8 Å². The predicted molar refractivity (Wildman–Crippen MR) is 58.5 cm³/mol. The van der Waals surface area contributed by atoms with Gasteiger partial charge in [-0.05, 0) is 12.1 Å². The van der Waals surface area contributed by atoms with Gasteiger partial charge < -0.3 is 9.47 Å². The number of hydrogen-bond donors (Lipinski definition) is 0. The smallest absolute Gasteiger partial charge is 0.444 e. The molecule has 3 nitrogen and oxygen atoms in total. The van der Waals surface area contributed by atoms with Crippen LogP contribution in [0.4, 0.5) is 18.9 Å². The number of hydrogen-bond acceptors (Lipinski definition) is 3. The minimum Gasteiger partial charge on any atom is -0.493 e. The summed E-state index contributed by atoms with van der Waals surface area (Å²) in [5.74, 6) is 0.676. The Morgan fingerprint density at radius 2 is 1.76 bits per heavy atom. The van der Waals surface area contributed by atoms with Crippen molar-refractivity contribution in [3.63, 3.8) is 0 Å². The number of nitrogens with zero attached hydrogens (tertiary/aromatic N) is 1. The fraction of sp³-hybridized carbons (Fsp3) is 0.300. The highest BCUT2D eigenvalue weighted by molar-refractivity contribution is 6.67. The van der Waals surface area contributed by atoms with Crippen LogP contribution in [0.15, 0.2) is 23.2 Å². The third-order valence-electron chi connectivity index (χ3n) is 1.83. The minimum absolute atomic E-state index is 0.0324. The molecule has 0 saturated carbocycles. The molecule has 0 aliphatic heterocycles. The average molecular weight is 268 g/mol. The molecule has 0 heterocycles. The zero-order chi connectivity index (χ0) is 13.1. The van der Waals surface area contributed by atoms with Gasteiger partial charge in [0.1, 0.15) is 0 Å². The molecule has 0 atom stereocenters. The summed E-state index contributed by atoms with van der Waals surface area (Å²) in [7, 11) is 2.79. The molecular formula is C10H9ClF3NO2. The molecule has 17 heavy (non-hydrogen) atoms. The Labute approximate surface area is 101 Å². The van der Waals surface area contributed by atoms with Crippen molar-refractivity contribution in [2.24, 2.45) is 4.99 Å². The Balaban J connectivity index is 3.09. The van der Waals surface area contributed by atoms with E-state index < -0.39 is 11.3 Å². The molecular weight excluding hydrogens is 259 g/mol. The maximum absolute atomic E-state index is 12.1. The molecule has 0 fully saturated rings. The van der Waals surface area contributed by atoms with E-state index in [4.69, 9.17) is 21.1 Å². The second kappa shape index (κ2) is 5.27. The molecule has 0 spiro atoms. The largest absolute Gasteiger partial charge is 0.493 e. The van der Waals surface area contributed by atoms with E-state index in [1.165, 1.54) is 32.4 Å². The van der Waals surface area contributed by atoms with Gasteiger partial charge in [-0.2, -0.15) is 13.2 Å². The van der Waals surface area contributed by atoms with E-state index in [0.717, 1.165) is 0 Å². The van der Waals surface area contributed by atoms with Gasteiger partial charge in [0, 0.05) is 6.07 Å². The first-order chi connectivity index (χ1) is 7.88. The molecule has 0 aromatic heterocycles. The van der Waals surface area contributed by atoms with Crippen LogP contribution in [0.5, 0.6) is 11.5 Å². The monoisotopic (exact) mass is 267 g/mol. The van der Waals surface area contributed by atoms with Crippen LogP contribution >= 0.6 is 11.6 Å². The maximum Gasteiger partial charge on any atom is 0.444 e. The molecule has 0 amide bonds. The SMILES string of the molecule is COc1ccc(N=C(Cl)C(F)(F)F)cc1OC. The van der Waals surface area contributed by atoms with E-state index in [-0.39, 0.29) is 11.4 Å². The summed E-state index contributed by atoms with van der Waals surface area (Å²) in [5.41, 5.74) is 0.0324. The summed E-state index contributed by atoms with van der Waals surface area (Å²) in [5, 5.41) is -1.44. The first-order valence-corrected chi connectivity index (χ1v) is 4.79. The number of aliphatic imine (C=N–C) groups is 1. The highest BCUT2D eigenvalue weighted by Crippen LogP contribution is 2.32. The molecule has 7 heteroatoms. The van der Waals surface area contributed by atoms with Gasteiger partial charge in [0.05, 0.1) is 19.9 Å². The van der Waals surface area contributed by atoms with Crippen LogP contribution in [0.1, 0.15) is 0 Å². The van der Waals surface area contributed by atoms with Crippen LogP contribution in [0.3, 0.4) is 0 Å². The average Bonchev–Trinajstić information content (AvgIpc) is 2.27. The molecule has 0 N–H and O–H groups in total. The lowest BCUT2D eigenvalue weighted by molar-refractivity contribution is -0.0558. The van der Waals surface area contributed by atoms with E-state index in [1.807, 2.05) is 0 Å². The van der Waals surface area contributed by atoms with E-state index in [1.54, 1.807) is 0 Å². The van der Waals surface area contributed by atoms with Crippen molar-refractivity contribution < 1.29 is 22.6 Å². The van der Waals surface area contributed by atoms with E-state index in [9.17, 15) is 13.2 Å². The second-order valence-corrected chi connectivity index (χ2v) is 3.30. The van der Waals surface area contributed by atoms with E-state index in [0.29, 0.717) is 5.75 Å². The van der Waals surface area contributed by atoms with Crippen molar-refractivity contribution in [1.29, 1.82) is 0 Å². The first kappa shape index (κ1) is 13.6. The van der Waals surface area contributed by atoms with Gasteiger partial charge in [0.25, 0.3) is 0 Å². The van der Waals surface area contributed by atoms with Crippen molar-refractivity contribution in [3.8, 4) is 11.5 Å². The Morgan fingerprint density at radius 1 is 1.18 bits per heavy atom. The summed E-state index contributed by atoms with van der Waals surface area (Å²) in [6.07, 6.45) is -4.66. The molecule has 1 rings (SSSR count). The Hall–Kier alpha value is -1.43. The lowest BCUT2D eigenvalue weighted by Crippen LogP contribution is -2.16. The number of benzene rings is 1.